The first-order valence-electron chi connectivity index (χ1n) is 11.7. The Balaban J connectivity index is 1.26. The molecule has 8 heteroatoms. The van der Waals surface area contributed by atoms with Crippen LogP contribution in [0.5, 0.6) is 0 Å². The Morgan fingerprint density at radius 1 is 0.941 bits per heavy atom. The van der Waals surface area contributed by atoms with Gasteiger partial charge >= 0.3 is 0 Å². The average Bonchev–Trinajstić information content (AvgIpc) is 3.43. The van der Waals surface area contributed by atoms with E-state index < -0.39 is 0 Å². The van der Waals surface area contributed by atoms with Crippen molar-refractivity contribution in [3.63, 3.8) is 0 Å². The summed E-state index contributed by atoms with van der Waals surface area (Å²) < 4.78 is 7.20. The van der Waals surface area contributed by atoms with E-state index in [2.05, 4.69) is 31.5 Å². The second-order valence-electron chi connectivity index (χ2n) is 8.63. The largest absolute Gasteiger partial charge is 0.385 e. The number of fused-ring (bicyclic) bond motifs is 1. The molecule has 2 aliphatic heterocycles. The van der Waals surface area contributed by atoms with Gasteiger partial charge in [-0.3, -0.25) is 19.4 Å². The van der Waals surface area contributed by atoms with Crippen LogP contribution in [0.3, 0.4) is 0 Å². The number of hydrogen-bond acceptors (Lipinski definition) is 6. The summed E-state index contributed by atoms with van der Waals surface area (Å²) in [7, 11) is 1.62. The van der Waals surface area contributed by atoms with E-state index in [1.807, 2.05) is 36.5 Å². The van der Waals surface area contributed by atoms with Gasteiger partial charge in [-0.05, 0) is 42.8 Å². The molecule has 0 N–H and O–H groups in total. The lowest BCUT2D eigenvalue weighted by atomic mass is 10.1. The number of piperazine rings is 1. The molecule has 0 radical (unpaired) electrons. The molecule has 1 fully saturated rings. The topological polar surface area (TPSA) is 70.9 Å². The minimum Gasteiger partial charge on any atom is -0.385 e. The summed E-state index contributed by atoms with van der Waals surface area (Å²) in [6.45, 7) is 5.07. The van der Waals surface area contributed by atoms with Crippen molar-refractivity contribution in [3.8, 4) is 5.82 Å². The van der Waals surface area contributed by atoms with Crippen LogP contribution >= 0.6 is 0 Å². The van der Waals surface area contributed by atoms with Crippen LogP contribution in [0.15, 0.2) is 60.9 Å². The Morgan fingerprint density at radius 2 is 1.79 bits per heavy atom. The lowest BCUT2D eigenvalue weighted by Crippen LogP contribution is -2.46. The summed E-state index contributed by atoms with van der Waals surface area (Å²) in [5.74, 6) is 0.522. The fourth-order valence-electron chi connectivity index (χ4n) is 4.79. The molecule has 0 spiro atoms. The fraction of sp³-hybridized carbons (Fsp3) is 0.346. The van der Waals surface area contributed by atoms with Gasteiger partial charge in [-0.15, -0.1) is 0 Å². The first kappa shape index (κ1) is 22.3. The number of nitrogens with zero attached hydrogens (tertiary/aromatic N) is 5. The van der Waals surface area contributed by atoms with Crippen LogP contribution in [-0.2, 0) is 11.3 Å². The van der Waals surface area contributed by atoms with E-state index in [1.54, 1.807) is 19.4 Å². The first-order chi connectivity index (χ1) is 16.7. The second kappa shape index (κ2) is 9.79. The lowest BCUT2D eigenvalue weighted by molar-refractivity contribution is 0.0639. The van der Waals surface area contributed by atoms with Crippen molar-refractivity contribution < 1.29 is 14.3 Å². The summed E-state index contributed by atoms with van der Waals surface area (Å²) >= 11 is 0. The van der Waals surface area contributed by atoms with E-state index in [0.717, 1.165) is 44.2 Å². The van der Waals surface area contributed by atoms with Crippen LogP contribution in [0.25, 0.3) is 5.82 Å². The molecule has 0 aliphatic carbocycles. The number of methoxy groups -OCH3 is 1. The molecule has 4 heterocycles. The van der Waals surface area contributed by atoms with Gasteiger partial charge in [-0.2, -0.15) is 0 Å². The maximum atomic E-state index is 13.1. The monoisotopic (exact) mass is 459 g/mol. The number of benzene rings is 1. The molecule has 8 nitrogen and oxygen atoms in total. The van der Waals surface area contributed by atoms with Crippen LogP contribution < -0.4 is 4.90 Å². The van der Waals surface area contributed by atoms with Gasteiger partial charge in [-0.25, -0.2) is 4.98 Å². The molecule has 0 unspecified atom stereocenters. The highest BCUT2D eigenvalue weighted by Crippen LogP contribution is 2.32. The van der Waals surface area contributed by atoms with Gasteiger partial charge < -0.3 is 14.2 Å². The number of anilines is 1. The Hall–Kier alpha value is -3.49. The molecule has 2 aliphatic rings. The molecule has 5 rings (SSSR count). The Morgan fingerprint density at radius 3 is 2.56 bits per heavy atom. The molecule has 1 saturated heterocycles. The van der Waals surface area contributed by atoms with Crippen LogP contribution in [0.4, 0.5) is 5.69 Å². The van der Waals surface area contributed by atoms with Crippen LogP contribution in [0.1, 0.15) is 32.8 Å². The van der Waals surface area contributed by atoms with Gasteiger partial charge in [0, 0.05) is 71.1 Å². The number of amides is 2. The molecular formula is C26H29N5O3. The third-order valence-corrected chi connectivity index (χ3v) is 6.54. The van der Waals surface area contributed by atoms with Gasteiger partial charge in [0.15, 0.2) is 0 Å². The molecule has 0 atom stereocenters. The zero-order valence-corrected chi connectivity index (χ0v) is 19.4. The smallest absolute Gasteiger partial charge is 0.263 e. The number of pyridine rings is 1. The molecule has 0 saturated carbocycles. The van der Waals surface area contributed by atoms with Crippen molar-refractivity contribution >= 4 is 17.5 Å². The first-order valence-corrected chi connectivity index (χ1v) is 11.7. The second-order valence-corrected chi connectivity index (χ2v) is 8.63. The summed E-state index contributed by atoms with van der Waals surface area (Å²) in [4.78, 5) is 36.4. The van der Waals surface area contributed by atoms with Gasteiger partial charge in [0.2, 0.25) is 0 Å². The summed E-state index contributed by atoms with van der Waals surface area (Å²) in [5, 5.41) is 0. The Kier molecular flexibility index (Phi) is 6.42. The lowest BCUT2D eigenvalue weighted by Gasteiger charge is -2.36. The van der Waals surface area contributed by atoms with Crippen LogP contribution in [0, 0.1) is 0 Å². The zero-order valence-electron chi connectivity index (χ0n) is 19.4. The van der Waals surface area contributed by atoms with Crippen LogP contribution in [0.2, 0.25) is 0 Å². The molecule has 0 bridgehead atoms. The third kappa shape index (κ3) is 4.22. The normalized spacial score (nSPS) is 16.4. The summed E-state index contributed by atoms with van der Waals surface area (Å²) in [6.07, 6.45) is 4.49. The minimum atomic E-state index is -0.202. The number of imide groups is 1. The van der Waals surface area contributed by atoms with E-state index in [9.17, 15) is 9.59 Å². The summed E-state index contributed by atoms with van der Waals surface area (Å²) in [5.41, 5.74) is 3.11. The average molecular weight is 460 g/mol. The predicted molar refractivity (Wildman–Crippen MR) is 129 cm³/mol. The number of hydrogen-bond donors (Lipinski definition) is 0. The molecular weight excluding hydrogens is 430 g/mol. The van der Waals surface area contributed by atoms with Gasteiger partial charge in [0.25, 0.3) is 11.8 Å². The van der Waals surface area contributed by atoms with E-state index in [4.69, 9.17) is 4.74 Å². The van der Waals surface area contributed by atoms with Crippen LogP contribution in [-0.4, -0.2) is 77.6 Å². The molecule has 2 amide bonds. The summed E-state index contributed by atoms with van der Waals surface area (Å²) in [6, 6.07) is 15.7. The SMILES string of the molecule is COCCCN1C(=O)c2cccc(N3CCN(Cc4cccn4-c4ccccn4)CC3)c2C1=O. The molecule has 34 heavy (non-hydrogen) atoms. The van der Waals surface area contributed by atoms with Crippen molar-refractivity contribution in [2.45, 2.75) is 13.0 Å². The highest BCUT2D eigenvalue weighted by molar-refractivity contribution is 6.23. The Bertz CT molecular complexity index is 1170. The maximum absolute atomic E-state index is 13.1. The van der Waals surface area contributed by atoms with Gasteiger partial charge in [0.1, 0.15) is 5.82 Å². The maximum Gasteiger partial charge on any atom is 0.263 e. The molecule has 1 aromatic carbocycles. The van der Waals surface area contributed by atoms with Crippen molar-refractivity contribution in [1.29, 1.82) is 0 Å². The number of rotatable bonds is 8. The third-order valence-electron chi connectivity index (χ3n) is 6.54. The van der Waals surface area contributed by atoms with Crippen molar-refractivity contribution in [1.82, 2.24) is 19.4 Å². The number of carbonyl (C=O) groups excluding carboxylic acids is 2. The van der Waals surface area contributed by atoms with Gasteiger partial charge in [0.05, 0.1) is 16.8 Å². The quantitative estimate of drug-likeness (QED) is 0.381. The van der Waals surface area contributed by atoms with E-state index in [0.29, 0.717) is 30.7 Å². The standard InChI is InChI=1S/C26H29N5O3/c1-34-18-6-13-31-25(32)21-8-4-9-22(24(21)26(31)33)29-16-14-28(15-17-29)19-20-7-5-12-30(20)23-10-2-3-11-27-23/h2-5,7-12H,6,13-19H2,1H3. The van der Waals surface area contributed by atoms with Crippen molar-refractivity contribution in [2.24, 2.45) is 0 Å². The molecule has 2 aromatic heterocycles. The Labute approximate surface area is 199 Å². The zero-order chi connectivity index (χ0) is 23.5. The highest BCUT2D eigenvalue weighted by atomic mass is 16.5. The molecule has 176 valence electrons. The van der Waals surface area contributed by atoms with Crippen molar-refractivity contribution in [3.05, 3.63) is 77.7 Å². The van der Waals surface area contributed by atoms with Gasteiger partial charge in [-0.1, -0.05) is 12.1 Å². The van der Waals surface area contributed by atoms with Crippen molar-refractivity contribution in [2.75, 3.05) is 51.3 Å². The highest BCUT2D eigenvalue weighted by Gasteiger charge is 2.38. The van der Waals surface area contributed by atoms with E-state index in [-0.39, 0.29) is 11.8 Å². The fourth-order valence-corrected chi connectivity index (χ4v) is 4.79. The number of aromatic nitrogens is 2. The van der Waals surface area contributed by atoms with E-state index in [1.165, 1.54) is 10.6 Å². The number of ether oxygens (including phenoxy) is 1. The number of carbonyl (C=O) groups is 2. The predicted octanol–water partition coefficient (Wildman–Crippen LogP) is 2.83. The minimum absolute atomic E-state index is 0.192. The molecule has 3 aromatic rings. The van der Waals surface area contributed by atoms with E-state index >= 15 is 0 Å².